The average molecular weight is 226 g/mol. The molecule has 0 bridgehead atoms. The van der Waals surface area contributed by atoms with E-state index in [0.29, 0.717) is 0 Å². The fourth-order valence-electron chi connectivity index (χ4n) is 1.77. The summed E-state index contributed by atoms with van der Waals surface area (Å²) >= 11 is 1.82. The van der Waals surface area contributed by atoms with Crippen LogP contribution in [0.25, 0.3) is 0 Å². The molecule has 1 atom stereocenters. The van der Waals surface area contributed by atoms with Gasteiger partial charge in [0.05, 0.1) is 0 Å². The highest BCUT2D eigenvalue weighted by molar-refractivity contribution is 7.99. The minimum absolute atomic E-state index is 0.792. The van der Waals surface area contributed by atoms with Gasteiger partial charge in [0.1, 0.15) is 5.82 Å². The van der Waals surface area contributed by atoms with Gasteiger partial charge in [0.25, 0.3) is 0 Å². The van der Waals surface area contributed by atoms with Crippen molar-refractivity contribution in [3.05, 3.63) is 5.82 Å². The first-order valence-corrected chi connectivity index (χ1v) is 6.45. The molecule has 1 aliphatic rings. The SMILES string of the molecule is Cc1nnc(SCC2CCCNC2)n1C. The van der Waals surface area contributed by atoms with Crippen LogP contribution in [0.3, 0.4) is 0 Å². The monoisotopic (exact) mass is 226 g/mol. The fourth-order valence-corrected chi connectivity index (χ4v) is 2.87. The van der Waals surface area contributed by atoms with Crippen molar-refractivity contribution in [2.75, 3.05) is 18.8 Å². The number of aromatic nitrogens is 3. The highest BCUT2D eigenvalue weighted by atomic mass is 32.2. The molecular formula is C10H18N4S. The second-order valence-corrected chi connectivity index (χ2v) is 5.10. The minimum atomic E-state index is 0.792. The van der Waals surface area contributed by atoms with E-state index in [4.69, 9.17) is 0 Å². The van der Waals surface area contributed by atoms with Crippen LogP contribution in [0.5, 0.6) is 0 Å². The van der Waals surface area contributed by atoms with Crippen LogP contribution in [0.1, 0.15) is 18.7 Å². The van der Waals surface area contributed by atoms with Gasteiger partial charge >= 0.3 is 0 Å². The standard InChI is InChI=1S/C10H18N4S/c1-8-12-13-10(14(8)2)15-7-9-4-3-5-11-6-9/h9,11H,3-7H2,1-2H3. The van der Waals surface area contributed by atoms with E-state index in [9.17, 15) is 0 Å². The number of hydrogen-bond acceptors (Lipinski definition) is 4. The first-order chi connectivity index (χ1) is 7.27. The van der Waals surface area contributed by atoms with E-state index in [1.54, 1.807) is 0 Å². The molecule has 4 nitrogen and oxygen atoms in total. The summed E-state index contributed by atoms with van der Waals surface area (Å²) in [5.74, 6) is 2.93. The summed E-state index contributed by atoms with van der Waals surface area (Å²) in [5, 5.41) is 12.7. The third-order valence-electron chi connectivity index (χ3n) is 2.90. The molecule has 0 amide bonds. The summed E-state index contributed by atoms with van der Waals surface area (Å²) in [4.78, 5) is 0. The largest absolute Gasteiger partial charge is 0.316 e. The normalized spacial score (nSPS) is 21.9. The number of piperidine rings is 1. The molecule has 2 rings (SSSR count). The molecule has 1 aromatic rings. The molecule has 1 unspecified atom stereocenters. The van der Waals surface area contributed by atoms with E-state index < -0.39 is 0 Å². The number of thioether (sulfide) groups is 1. The third-order valence-corrected chi connectivity index (χ3v) is 4.15. The Morgan fingerprint density at radius 1 is 1.53 bits per heavy atom. The summed E-state index contributed by atoms with van der Waals surface area (Å²) < 4.78 is 2.06. The molecule has 0 saturated carbocycles. The van der Waals surface area contributed by atoms with Gasteiger partial charge in [-0.1, -0.05) is 11.8 Å². The van der Waals surface area contributed by atoms with E-state index in [1.165, 1.54) is 19.4 Å². The molecule has 0 radical (unpaired) electrons. The average Bonchev–Trinajstić information content (AvgIpc) is 2.59. The Kier molecular flexibility index (Phi) is 3.64. The fraction of sp³-hybridized carbons (Fsp3) is 0.800. The zero-order valence-corrected chi connectivity index (χ0v) is 10.2. The lowest BCUT2D eigenvalue weighted by Gasteiger charge is -2.21. The molecular weight excluding hydrogens is 208 g/mol. The molecule has 0 aliphatic carbocycles. The first kappa shape index (κ1) is 11.0. The van der Waals surface area contributed by atoms with Crippen molar-refractivity contribution in [2.45, 2.75) is 24.9 Å². The molecule has 1 fully saturated rings. The van der Waals surface area contributed by atoms with Gasteiger partial charge < -0.3 is 9.88 Å². The maximum Gasteiger partial charge on any atom is 0.190 e. The zero-order valence-electron chi connectivity index (χ0n) is 9.36. The number of nitrogens with zero attached hydrogens (tertiary/aromatic N) is 3. The Labute approximate surface area is 94.8 Å². The lowest BCUT2D eigenvalue weighted by atomic mass is 10.0. The predicted octanol–water partition coefficient (Wildman–Crippen LogP) is 1.22. The van der Waals surface area contributed by atoms with Gasteiger partial charge in [-0.3, -0.25) is 0 Å². The summed E-state index contributed by atoms with van der Waals surface area (Å²) in [5.41, 5.74) is 0. The predicted molar refractivity (Wildman–Crippen MR) is 62.1 cm³/mol. The van der Waals surface area contributed by atoms with E-state index in [2.05, 4.69) is 20.1 Å². The molecule has 0 aromatic carbocycles. The molecule has 1 saturated heterocycles. The first-order valence-electron chi connectivity index (χ1n) is 5.47. The quantitative estimate of drug-likeness (QED) is 0.787. The number of nitrogens with one attached hydrogen (secondary N) is 1. The molecule has 2 heterocycles. The molecule has 1 aromatic heterocycles. The van der Waals surface area contributed by atoms with Crippen molar-refractivity contribution < 1.29 is 0 Å². The van der Waals surface area contributed by atoms with Crippen LogP contribution in [0.15, 0.2) is 5.16 Å². The van der Waals surface area contributed by atoms with Gasteiger partial charge in [-0.05, 0) is 38.8 Å². The Hall–Kier alpha value is -0.550. The van der Waals surface area contributed by atoms with Crippen LogP contribution < -0.4 is 5.32 Å². The topological polar surface area (TPSA) is 42.7 Å². The highest BCUT2D eigenvalue weighted by Crippen LogP contribution is 2.22. The van der Waals surface area contributed by atoms with Crippen molar-refractivity contribution >= 4 is 11.8 Å². The molecule has 1 aliphatic heterocycles. The maximum absolute atomic E-state index is 4.16. The Morgan fingerprint density at radius 2 is 2.40 bits per heavy atom. The van der Waals surface area contributed by atoms with Crippen molar-refractivity contribution in [1.29, 1.82) is 0 Å². The molecule has 15 heavy (non-hydrogen) atoms. The molecule has 0 spiro atoms. The van der Waals surface area contributed by atoms with Crippen LogP contribution in [0.4, 0.5) is 0 Å². The second kappa shape index (κ2) is 4.99. The highest BCUT2D eigenvalue weighted by Gasteiger charge is 2.14. The molecule has 5 heteroatoms. The second-order valence-electron chi connectivity index (χ2n) is 4.11. The summed E-state index contributed by atoms with van der Waals surface area (Å²) in [7, 11) is 2.02. The summed E-state index contributed by atoms with van der Waals surface area (Å²) in [6.45, 7) is 4.33. The van der Waals surface area contributed by atoms with E-state index in [0.717, 1.165) is 29.2 Å². The summed E-state index contributed by atoms with van der Waals surface area (Å²) in [6.07, 6.45) is 2.65. The minimum Gasteiger partial charge on any atom is -0.316 e. The van der Waals surface area contributed by atoms with Crippen LogP contribution >= 0.6 is 11.8 Å². The van der Waals surface area contributed by atoms with Crippen LogP contribution in [0.2, 0.25) is 0 Å². The summed E-state index contributed by atoms with van der Waals surface area (Å²) in [6, 6.07) is 0. The van der Waals surface area contributed by atoms with Gasteiger partial charge in [-0.2, -0.15) is 0 Å². The van der Waals surface area contributed by atoms with Crippen molar-refractivity contribution in [3.8, 4) is 0 Å². The van der Waals surface area contributed by atoms with E-state index >= 15 is 0 Å². The Balaban J connectivity index is 1.84. The van der Waals surface area contributed by atoms with Crippen LogP contribution in [-0.2, 0) is 7.05 Å². The van der Waals surface area contributed by atoms with Crippen LogP contribution in [0, 0.1) is 12.8 Å². The van der Waals surface area contributed by atoms with Crippen molar-refractivity contribution in [3.63, 3.8) is 0 Å². The van der Waals surface area contributed by atoms with Gasteiger partial charge in [-0.15, -0.1) is 10.2 Å². The van der Waals surface area contributed by atoms with Crippen molar-refractivity contribution in [1.82, 2.24) is 20.1 Å². The Morgan fingerprint density at radius 3 is 3.00 bits per heavy atom. The Bertz CT molecular complexity index is 317. The van der Waals surface area contributed by atoms with Gasteiger partial charge in [0, 0.05) is 12.8 Å². The molecule has 84 valence electrons. The van der Waals surface area contributed by atoms with E-state index in [-0.39, 0.29) is 0 Å². The van der Waals surface area contributed by atoms with Gasteiger partial charge in [0.2, 0.25) is 0 Å². The lowest BCUT2D eigenvalue weighted by molar-refractivity contribution is 0.410. The zero-order chi connectivity index (χ0) is 10.7. The maximum atomic E-state index is 4.16. The van der Waals surface area contributed by atoms with Gasteiger partial charge in [-0.25, -0.2) is 0 Å². The van der Waals surface area contributed by atoms with E-state index in [1.807, 2.05) is 25.7 Å². The molecule has 1 N–H and O–H groups in total. The number of hydrogen-bond donors (Lipinski definition) is 1. The van der Waals surface area contributed by atoms with Crippen LogP contribution in [-0.4, -0.2) is 33.6 Å². The van der Waals surface area contributed by atoms with Crippen molar-refractivity contribution in [2.24, 2.45) is 13.0 Å². The third kappa shape index (κ3) is 2.72. The smallest absolute Gasteiger partial charge is 0.190 e. The number of aryl methyl sites for hydroxylation is 1. The lowest BCUT2D eigenvalue weighted by Crippen LogP contribution is -2.30. The number of rotatable bonds is 3. The van der Waals surface area contributed by atoms with Gasteiger partial charge in [0.15, 0.2) is 5.16 Å².